The Morgan fingerprint density at radius 3 is 2.53 bits per heavy atom. The van der Waals surface area contributed by atoms with Gasteiger partial charge >= 0.3 is 5.97 Å². The number of nitrogens with one attached hydrogen (secondary N) is 1. The topological polar surface area (TPSA) is 47.6 Å². The van der Waals surface area contributed by atoms with E-state index in [4.69, 9.17) is 4.74 Å². The van der Waals surface area contributed by atoms with Gasteiger partial charge in [0.1, 0.15) is 5.75 Å². The minimum Gasteiger partial charge on any atom is -0.497 e. The molecule has 0 fully saturated rings. The SMILES string of the molecule is CN[C@@H](CSCc1ccc(OC)cc1)CC(=O)OC. The van der Waals surface area contributed by atoms with Gasteiger partial charge in [-0.15, -0.1) is 0 Å². The lowest BCUT2D eigenvalue weighted by Gasteiger charge is -2.14. The van der Waals surface area contributed by atoms with Crippen LogP contribution in [-0.4, -0.2) is 39.0 Å². The van der Waals surface area contributed by atoms with Gasteiger partial charge in [0.2, 0.25) is 0 Å². The minimum absolute atomic E-state index is 0.149. The summed E-state index contributed by atoms with van der Waals surface area (Å²) in [4.78, 5) is 11.2. The lowest BCUT2D eigenvalue weighted by atomic mass is 10.2. The van der Waals surface area contributed by atoms with E-state index in [9.17, 15) is 4.79 Å². The van der Waals surface area contributed by atoms with Crippen LogP contribution in [0.2, 0.25) is 0 Å². The molecule has 1 atom stereocenters. The van der Waals surface area contributed by atoms with Gasteiger partial charge in [0, 0.05) is 17.5 Å². The van der Waals surface area contributed by atoms with Gasteiger partial charge in [0.05, 0.1) is 20.6 Å². The molecule has 1 rings (SSSR count). The van der Waals surface area contributed by atoms with Gasteiger partial charge in [-0.25, -0.2) is 0 Å². The molecule has 5 heteroatoms. The van der Waals surface area contributed by atoms with Crippen LogP contribution in [0, 0.1) is 0 Å². The molecule has 0 saturated carbocycles. The average molecular weight is 283 g/mol. The lowest BCUT2D eigenvalue weighted by molar-refractivity contribution is -0.141. The zero-order chi connectivity index (χ0) is 14.1. The van der Waals surface area contributed by atoms with Gasteiger partial charge in [-0.2, -0.15) is 11.8 Å². The molecule has 0 heterocycles. The van der Waals surface area contributed by atoms with Crippen molar-refractivity contribution in [1.82, 2.24) is 5.32 Å². The van der Waals surface area contributed by atoms with E-state index in [1.54, 1.807) is 18.9 Å². The van der Waals surface area contributed by atoms with Gasteiger partial charge in [0.25, 0.3) is 0 Å². The van der Waals surface area contributed by atoms with E-state index in [-0.39, 0.29) is 12.0 Å². The Morgan fingerprint density at radius 1 is 1.32 bits per heavy atom. The van der Waals surface area contributed by atoms with Crippen LogP contribution in [0.5, 0.6) is 5.75 Å². The Balaban J connectivity index is 2.32. The van der Waals surface area contributed by atoms with Gasteiger partial charge in [-0.3, -0.25) is 4.79 Å². The zero-order valence-corrected chi connectivity index (χ0v) is 12.5. The van der Waals surface area contributed by atoms with Crippen LogP contribution in [0.3, 0.4) is 0 Å². The van der Waals surface area contributed by atoms with E-state index in [0.29, 0.717) is 6.42 Å². The Hall–Kier alpha value is -1.20. The molecule has 0 aliphatic heterocycles. The maximum absolute atomic E-state index is 11.2. The first kappa shape index (κ1) is 15.9. The summed E-state index contributed by atoms with van der Waals surface area (Å²) < 4.78 is 9.79. The summed E-state index contributed by atoms with van der Waals surface area (Å²) in [6, 6.07) is 8.18. The van der Waals surface area contributed by atoms with Gasteiger partial charge in [0.15, 0.2) is 0 Å². The predicted molar refractivity (Wildman–Crippen MR) is 78.6 cm³/mol. The van der Waals surface area contributed by atoms with Crippen molar-refractivity contribution in [3.63, 3.8) is 0 Å². The van der Waals surface area contributed by atoms with Gasteiger partial charge in [-0.05, 0) is 24.7 Å². The second-order valence-corrected chi connectivity index (χ2v) is 5.16. The molecule has 1 N–H and O–H groups in total. The van der Waals surface area contributed by atoms with Crippen molar-refractivity contribution in [3.8, 4) is 5.75 Å². The van der Waals surface area contributed by atoms with Crippen LogP contribution in [0.25, 0.3) is 0 Å². The molecule has 0 amide bonds. The number of ether oxygens (including phenoxy) is 2. The van der Waals surface area contributed by atoms with Crippen LogP contribution in [0.15, 0.2) is 24.3 Å². The van der Waals surface area contributed by atoms with Crippen molar-refractivity contribution in [2.75, 3.05) is 27.0 Å². The van der Waals surface area contributed by atoms with E-state index in [1.165, 1.54) is 12.7 Å². The minimum atomic E-state index is -0.176. The third-order valence-electron chi connectivity index (χ3n) is 2.80. The number of carbonyl (C=O) groups is 1. The molecule has 106 valence electrons. The molecule has 0 bridgehead atoms. The fraction of sp³-hybridized carbons (Fsp3) is 0.500. The molecule has 19 heavy (non-hydrogen) atoms. The smallest absolute Gasteiger partial charge is 0.307 e. The number of esters is 1. The number of benzene rings is 1. The van der Waals surface area contributed by atoms with Crippen LogP contribution in [-0.2, 0) is 15.3 Å². The van der Waals surface area contributed by atoms with E-state index in [0.717, 1.165) is 17.3 Å². The van der Waals surface area contributed by atoms with Crippen LogP contribution in [0.4, 0.5) is 0 Å². The fourth-order valence-electron chi connectivity index (χ4n) is 1.57. The molecule has 1 aromatic rings. The van der Waals surface area contributed by atoms with Crippen LogP contribution >= 0.6 is 11.8 Å². The predicted octanol–water partition coefficient (Wildman–Crippen LogP) is 2.08. The Kier molecular flexibility index (Phi) is 7.36. The van der Waals surface area contributed by atoms with E-state index < -0.39 is 0 Å². The first-order valence-electron chi connectivity index (χ1n) is 6.14. The van der Waals surface area contributed by atoms with Crippen molar-refractivity contribution < 1.29 is 14.3 Å². The highest BCUT2D eigenvalue weighted by molar-refractivity contribution is 7.98. The highest BCUT2D eigenvalue weighted by Gasteiger charge is 2.12. The molecule has 0 aliphatic rings. The number of hydrogen-bond acceptors (Lipinski definition) is 5. The van der Waals surface area contributed by atoms with Gasteiger partial charge in [-0.1, -0.05) is 12.1 Å². The quantitative estimate of drug-likeness (QED) is 0.740. The molecule has 4 nitrogen and oxygen atoms in total. The molecule has 1 aromatic carbocycles. The average Bonchev–Trinajstić information content (AvgIpc) is 2.46. The molecular weight excluding hydrogens is 262 g/mol. The second-order valence-electron chi connectivity index (χ2n) is 4.13. The zero-order valence-electron chi connectivity index (χ0n) is 11.6. The lowest BCUT2D eigenvalue weighted by Crippen LogP contribution is -2.30. The number of methoxy groups -OCH3 is 2. The summed E-state index contributed by atoms with van der Waals surface area (Å²) in [6.45, 7) is 0. The normalized spacial score (nSPS) is 11.9. The summed E-state index contributed by atoms with van der Waals surface area (Å²) in [7, 11) is 4.94. The van der Waals surface area contributed by atoms with Crippen molar-refractivity contribution in [2.24, 2.45) is 0 Å². The molecule has 0 unspecified atom stereocenters. The highest BCUT2D eigenvalue weighted by Crippen LogP contribution is 2.17. The Bertz CT molecular complexity index is 381. The summed E-state index contributed by atoms with van der Waals surface area (Å²) in [5.41, 5.74) is 1.25. The van der Waals surface area contributed by atoms with E-state index in [1.807, 2.05) is 19.2 Å². The largest absolute Gasteiger partial charge is 0.497 e. The van der Waals surface area contributed by atoms with E-state index in [2.05, 4.69) is 22.2 Å². The van der Waals surface area contributed by atoms with Crippen molar-refractivity contribution >= 4 is 17.7 Å². The summed E-state index contributed by atoms with van der Waals surface area (Å²) in [5.74, 6) is 2.48. The highest BCUT2D eigenvalue weighted by atomic mass is 32.2. The van der Waals surface area contributed by atoms with Gasteiger partial charge < -0.3 is 14.8 Å². The summed E-state index contributed by atoms with van der Waals surface area (Å²) in [6.07, 6.45) is 0.405. The van der Waals surface area contributed by atoms with Crippen LogP contribution < -0.4 is 10.1 Å². The van der Waals surface area contributed by atoms with Crippen LogP contribution in [0.1, 0.15) is 12.0 Å². The van der Waals surface area contributed by atoms with E-state index >= 15 is 0 Å². The third kappa shape index (κ3) is 5.98. The maximum Gasteiger partial charge on any atom is 0.307 e. The monoisotopic (exact) mass is 283 g/mol. The standard InChI is InChI=1S/C14H21NO3S/c1-15-12(8-14(16)18-3)10-19-9-11-4-6-13(17-2)7-5-11/h4-7,12,15H,8-10H2,1-3H3/t12-/m1/s1. The fourth-order valence-corrected chi connectivity index (χ4v) is 2.68. The first-order chi connectivity index (χ1) is 9.19. The summed E-state index contributed by atoms with van der Waals surface area (Å²) in [5, 5.41) is 3.13. The summed E-state index contributed by atoms with van der Waals surface area (Å²) >= 11 is 1.79. The van der Waals surface area contributed by atoms with Crippen molar-refractivity contribution in [3.05, 3.63) is 29.8 Å². The molecular formula is C14H21NO3S. The number of thioether (sulfide) groups is 1. The van der Waals surface area contributed by atoms with Crippen molar-refractivity contribution in [2.45, 2.75) is 18.2 Å². The second kappa shape index (κ2) is 8.82. The molecule has 0 saturated heterocycles. The third-order valence-corrected chi connectivity index (χ3v) is 3.97. The number of hydrogen-bond donors (Lipinski definition) is 1. The Labute approximate surface area is 118 Å². The number of carbonyl (C=O) groups excluding carboxylic acids is 1. The molecule has 0 spiro atoms. The Morgan fingerprint density at radius 2 is 2.00 bits per heavy atom. The molecule has 0 radical (unpaired) electrons. The number of rotatable bonds is 8. The maximum atomic E-state index is 11.2. The first-order valence-corrected chi connectivity index (χ1v) is 7.29. The molecule has 0 aromatic heterocycles. The molecule has 0 aliphatic carbocycles. The van der Waals surface area contributed by atoms with Crippen molar-refractivity contribution in [1.29, 1.82) is 0 Å².